The van der Waals surface area contributed by atoms with Crippen molar-refractivity contribution >= 4 is 11.8 Å². The van der Waals surface area contributed by atoms with E-state index in [4.69, 9.17) is 5.73 Å². The van der Waals surface area contributed by atoms with Gasteiger partial charge in [-0.15, -0.1) is 0 Å². The van der Waals surface area contributed by atoms with Gasteiger partial charge < -0.3 is 10.6 Å². The van der Waals surface area contributed by atoms with E-state index in [0.717, 1.165) is 25.7 Å². The Morgan fingerprint density at radius 3 is 2.00 bits per heavy atom. The monoisotopic (exact) mass is 382 g/mol. The Bertz CT molecular complexity index is 769. The van der Waals surface area contributed by atoms with E-state index in [0.29, 0.717) is 12.1 Å². The Labute approximate surface area is 169 Å². The van der Waals surface area contributed by atoms with Crippen molar-refractivity contribution in [1.29, 1.82) is 0 Å². The summed E-state index contributed by atoms with van der Waals surface area (Å²) in [5, 5.41) is 0. The number of nitrogens with two attached hydrogens (primary N) is 1. The molecule has 152 valence electrons. The minimum absolute atomic E-state index is 0.200. The summed E-state index contributed by atoms with van der Waals surface area (Å²) < 4.78 is 0. The van der Waals surface area contributed by atoms with Gasteiger partial charge in [0.25, 0.3) is 5.91 Å². The Balaban J connectivity index is 2.55. The Morgan fingerprint density at radius 1 is 0.893 bits per heavy atom. The molecule has 1 rings (SSSR count). The van der Waals surface area contributed by atoms with E-state index < -0.39 is 5.91 Å². The van der Waals surface area contributed by atoms with Crippen molar-refractivity contribution in [3.8, 4) is 0 Å². The van der Waals surface area contributed by atoms with E-state index in [1.165, 1.54) is 16.7 Å². The normalized spacial score (nSPS) is 11.9. The molecule has 4 heteroatoms. The van der Waals surface area contributed by atoms with Gasteiger partial charge in [0, 0.05) is 13.6 Å². The van der Waals surface area contributed by atoms with E-state index in [-0.39, 0.29) is 11.5 Å². The lowest BCUT2D eigenvalue weighted by Crippen LogP contribution is -2.29. The number of hydrogen-bond acceptors (Lipinski definition) is 2. The molecule has 0 radical (unpaired) electrons. The SMILES string of the molecule is CC(C)=CCCC(C)=CCCC(C)=CCN(C)C(=O)c1ccccc1C(N)=O. The second-order valence-electron chi connectivity index (χ2n) is 7.56. The van der Waals surface area contributed by atoms with Gasteiger partial charge in [-0.3, -0.25) is 9.59 Å². The van der Waals surface area contributed by atoms with E-state index in [1.54, 1.807) is 36.2 Å². The maximum atomic E-state index is 12.6. The largest absolute Gasteiger partial charge is 0.366 e. The summed E-state index contributed by atoms with van der Waals surface area (Å²) in [4.78, 5) is 25.7. The maximum Gasteiger partial charge on any atom is 0.254 e. The number of hydrogen-bond donors (Lipinski definition) is 1. The third-order valence-electron chi connectivity index (χ3n) is 4.61. The third-order valence-corrected chi connectivity index (χ3v) is 4.61. The Morgan fingerprint density at radius 2 is 1.43 bits per heavy atom. The van der Waals surface area contributed by atoms with Crippen LogP contribution >= 0.6 is 0 Å². The molecule has 0 saturated heterocycles. The molecular weight excluding hydrogens is 348 g/mol. The van der Waals surface area contributed by atoms with Gasteiger partial charge in [-0.25, -0.2) is 0 Å². The summed E-state index contributed by atoms with van der Waals surface area (Å²) in [5.41, 5.74) is 10.0. The molecule has 0 heterocycles. The van der Waals surface area contributed by atoms with Gasteiger partial charge in [-0.2, -0.15) is 0 Å². The van der Waals surface area contributed by atoms with E-state index in [2.05, 4.69) is 45.9 Å². The number of amides is 2. The van der Waals surface area contributed by atoms with Crippen molar-refractivity contribution in [2.24, 2.45) is 5.73 Å². The topological polar surface area (TPSA) is 63.4 Å². The molecule has 0 aromatic heterocycles. The van der Waals surface area contributed by atoms with Crippen LogP contribution in [0.5, 0.6) is 0 Å². The lowest BCUT2D eigenvalue weighted by Gasteiger charge is -2.17. The summed E-state index contributed by atoms with van der Waals surface area (Å²) in [6, 6.07) is 6.66. The van der Waals surface area contributed by atoms with Gasteiger partial charge in [0.15, 0.2) is 0 Å². The lowest BCUT2D eigenvalue weighted by molar-refractivity contribution is 0.0803. The van der Waals surface area contributed by atoms with Crippen molar-refractivity contribution in [3.05, 3.63) is 70.3 Å². The molecule has 1 aromatic carbocycles. The second-order valence-corrected chi connectivity index (χ2v) is 7.56. The predicted molar refractivity (Wildman–Crippen MR) is 117 cm³/mol. The second kappa shape index (κ2) is 12.0. The van der Waals surface area contributed by atoms with Crippen molar-refractivity contribution < 1.29 is 9.59 Å². The van der Waals surface area contributed by atoms with Gasteiger partial charge in [-0.1, -0.05) is 47.1 Å². The first-order chi connectivity index (χ1) is 13.2. The van der Waals surface area contributed by atoms with Crippen molar-refractivity contribution in [1.82, 2.24) is 4.90 Å². The molecule has 0 spiro atoms. The molecule has 0 fully saturated rings. The van der Waals surface area contributed by atoms with Gasteiger partial charge in [0.05, 0.1) is 11.1 Å². The van der Waals surface area contributed by atoms with E-state index in [1.807, 2.05) is 0 Å². The number of allylic oxidation sites excluding steroid dienone is 5. The fourth-order valence-electron chi connectivity index (χ4n) is 2.80. The van der Waals surface area contributed by atoms with E-state index >= 15 is 0 Å². The number of carbonyl (C=O) groups is 2. The van der Waals surface area contributed by atoms with Crippen LogP contribution in [0.15, 0.2) is 59.2 Å². The highest BCUT2D eigenvalue weighted by Gasteiger charge is 2.17. The number of carbonyl (C=O) groups excluding carboxylic acids is 2. The molecule has 28 heavy (non-hydrogen) atoms. The zero-order valence-corrected chi connectivity index (χ0v) is 17.9. The highest BCUT2D eigenvalue weighted by atomic mass is 16.2. The molecular formula is C24H34N2O2. The summed E-state index contributed by atoms with van der Waals surface area (Å²) in [6.07, 6.45) is 10.8. The van der Waals surface area contributed by atoms with Crippen LogP contribution in [0.1, 0.15) is 74.1 Å². The summed E-state index contributed by atoms with van der Waals surface area (Å²) >= 11 is 0. The first kappa shape index (κ1) is 23.4. The Hall–Kier alpha value is -2.62. The zero-order valence-electron chi connectivity index (χ0n) is 17.9. The summed E-state index contributed by atoms with van der Waals surface area (Å²) in [6.45, 7) is 9.02. The van der Waals surface area contributed by atoms with Crippen LogP contribution < -0.4 is 5.73 Å². The molecule has 0 aliphatic heterocycles. The molecule has 2 N–H and O–H groups in total. The van der Waals surface area contributed by atoms with Crippen LogP contribution in [-0.2, 0) is 0 Å². The average molecular weight is 383 g/mol. The zero-order chi connectivity index (χ0) is 21.1. The number of rotatable bonds is 10. The molecule has 1 aromatic rings. The minimum Gasteiger partial charge on any atom is -0.366 e. The van der Waals surface area contributed by atoms with E-state index in [9.17, 15) is 9.59 Å². The predicted octanol–water partition coefficient (Wildman–Crippen LogP) is 5.28. The van der Waals surface area contributed by atoms with Crippen molar-refractivity contribution in [2.75, 3.05) is 13.6 Å². The number of nitrogens with zero attached hydrogens (tertiary/aromatic N) is 1. The lowest BCUT2D eigenvalue weighted by atomic mass is 10.1. The molecule has 4 nitrogen and oxygen atoms in total. The van der Waals surface area contributed by atoms with Crippen LogP contribution in [0, 0.1) is 0 Å². The summed E-state index contributed by atoms with van der Waals surface area (Å²) in [5.74, 6) is -0.788. The molecule has 0 atom stereocenters. The fraction of sp³-hybridized carbons (Fsp3) is 0.417. The quantitative estimate of drug-likeness (QED) is 0.560. The van der Waals surface area contributed by atoms with Crippen LogP contribution in [0.2, 0.25) is 0 Å². The molecule has 0 aliphatic rings. The summed E-state index contributed by atoms with van der Waals surface area (Å²) in [7, 11) is 1.73. The van der Waals surface area contributed by atoms with Crippen LogP contribution in [0.3, 0.4) is 0 Å². The number of primary amides is 1. The maximum absolute atomic E-state index is 12.6. The molecule has 0 aliphatic carbocycles. The highest BCUT2D eigenvalue weighted by molar-refractivity contribution is 6.06. The smallest absolute Gasteiger partial charge is 0.254 e. The van der Waals surface area contributed by atoms with Crippen LogP contribution in [0.25, 0.3) is 0 Å². The van der Waals surface area contributed by atoms with Crippen molar-refractivity contribution in [2.45, 2.75) is 53.4 Å². The van der Waals surface area contributed by atoms with Gasteiger partial charge in [-0.05, 0) is 65.5 Å². The molecule has 0 bridgehead atoms. The Kier molecular flexibility index (Phi) is 10.0. The third kappa shape index (κ3) is 8.38. The molecule has 0 unspecified atom stereocenters. The van der Waals surface area contributed by atoms with Crippen molar-refractivity contribution in [3.63, 3.8) is 0 Å². The minimum atomic E-state index is -0.587. The molecule has 0 saturated carbocycles. The van der Waals surface area contributed by atoms with Crippen LogP contribution in [-0.4, -0.2) is 30.3 Å². The van der Waals surface area contributed by atoms with Gasteiger partial charge >= 0.3 is 0 Å². The highest BCUT2D eigenvalue weighted by Crippen LogP contribution is 2.13. The standard InChI is InChI=1S/C24H34N2O2/c1-18(2)10-8-11-19(3)12-9-13-20(4)16-17-26(5)24(28)22-15-7-6-14-21(22)23(25)27/h6-7,10,12,14-16H,8-9,11,13,17H2,1-5H3,(H2,25,27). The first-order valence-corrected chi connectivity index (χ1v) is 9.81. The van der Waals surface area contributed by atoms with Gasteiger partial charge in [0.2, 0.25) is 5.91 Å². The molecule has 2 amide bonds. The first-order valence-electron chi connectivity index (χ1n) is 9.81. The fourth-order valence-corrected chi connectivity index (χ4v) is 2.80. The van der Waals surface area contributed by atoms with Crippen LogP contribution in [0.4, 0.5) is 0 Å². The van der Waals surface area contributed by atoms with Gasteiger partial charge in [0.1, 0.15) is 0 Å². The number of likely N-dealkylation sites (N-methyl/N-ethyl adjacent to an activating group) is 1. The number of benzene rings is 1. The average Bonchev–Trinajstić information content (AvgIpc) is 2.65.